The Labute approximate surface area is 100 Å². The van der Waals surface area contributed by atoms with Crippen LogP contribution in [0, 0.1) is 6.92 Å². The molecule has 0 saturated carbocycles. The highest BCUT2D eigenvalue weighted by Crippen LogP contribution is 2.24. The highest BCUT2D eigenvalue weighted by molar-refractivity contribution is 6.31. The van der Waals surface area contributed by atoms with E-state index in [1.165, 1.54) is 0 Å². The van der Waals surface area contributed by atoms with Gasteiger partial charge < -0.3 is 0 Å². The first-order chi connectivity index (χ1) is 7.70. The van der Waals surface area contributed by atoms with Crippen LogP contribution in [0.5, 0.6) is 0 Å². The first-order valence-electron chi connectivity index (χ1n) is 5.29. The largest absolute Gasteiger partial charge is 0.158 e. The first kappa shape index (κ1) is 11.1. The molecular formula is C13H13ClN2. The highest BCUT2D eigenvalue weighted by Gasteiger charge is 2.04. The van der Waals surface area contributed by atoms with Gasteiger partial charge in [0.2, 0.25) is 0 Å². The number of hydrogen-bond acceptors (Lipinski definition) is 2. The van der Waals surface area contributed by atoms with E-state index >= 15 is 0 Å². The molecule has 0 spiro atoms. The number of benzene rings is 1. The first-order valence-corrected chi connectivity index (χ1v) is 5.66. The van der Waals surface area contributed by atoms with Crippen LogP contribution in [0.15, 0.2) is 30.5 Å². The molecule has 0 saturated heterocycles. The third-order valence-electron chi connectivity index (χ3n) is 2.52. The minimum absolute atomic E-state index is 0.795. The van der Waals surface area contributed by atoms with Crippen molar-refractivity contribution in [2.24, 2.45) is 0 Å². The molecule has 16 heavy (non-hydrogen) atoms. The van der Waals surface area contributed by atoms with Crippen molar-refractivity contribution < 1.29 is 0 Å². The standard InChI is InChI=1S/C13H13ClN2/c1-3-10-4-5-11(7-12(10)14)13-6-9(2)8-15-16-13/h4-8H,3H2,1-2H3. The van der Waals surface area contributed by atoms with Gasteiger partial charge in [-0.2, -0.15) is 10.2 Å². The lowest BCUT2D eigenvalue weighted by Crippen LogP contribution is -1.90. The Balaban J connectivity index is 2.45. The fourth-order valence-corrected chi connectivity index (χ4v) is 1.91. The molecule has 3 heteroatoms. The minimum atomic E-state index is 0.795. The Morgan fingerprint density at radius 1 is 1.25 bits per heavy atom. The molecule has 0 N–H and O–H groups in total. The van der Waals surface area contributed by atoms with Gasteiger partial charge in [-0.3, -0.25) is 0 Å². The van der Waals surface area contributed by atoms with Crippen LogP contribution in [0.2, 0.25) is 5.02 Å². The molecule has 0 atom stereocenters. The summed E-state index contributed by atoms with van der Waals surface area (Å²) in [6.45, 7) is 4.09. The molecular weight excluding hydrogens is 220 g/mol. The van der Waals surface area contributed by atoms with Gasteiger partial charge in [-0.05, 0) is 36.6 Å². The summed E-state index contributed by atoms with van der Waals surface area (Å²) in [5, 5.41) is 8.83. The summed E-state index contributed by atoms with van der Waals surface area (Å²) in [6.07, 6.45) is 2.68. The van der Waals surface area contributed by atoms with Crippen LogP contribution in [0.3, 0.4) is 0 Å². The zero-order valence-electron chi connectivity index (χ0n) is 9.37. The van der Waals surface area contributed by atoms with Gasteiger partial charge in [0.25, 0.3) is 0 Å². The van der Waals surface area contributed by atoms with Crippen molar-refractivity contribution >= 4 is 11.6 Å². The molecule has 82 valence electrons. The molecule has 0 aliphatic heterocycles. The minimum Gasteiger partial charge on any atom is -0.158 e. The number of aryl methyl sites for hydroxylation is 2. The molecule has 2 rings (SSSR count). The van der Waals surface area contributed by atoms with E-state index in [0.29, 0.717) is 0 Å². The molecule has 0 radical (unpaired) electrons. The Morgan fingerprint density at radius 2 is 2.06 bits per heavy atom. The molecule has 0 amide bonds. The average Bonchev–Trinajstić information content (AvgIpc) is 2.29. The maximum absolute atomic E-state index is 6.17. The van der Waals surface area contributed by atoms with Gasteiger partial charge in [-0.1, -0.05) is 30.7 Å². The van der Waals surface area contributed by atoms with Crippen LogP contribution in [0.4, 0.5) is 0 Å². The normalized spacial score (nSPS) is 10.4. The number of nitrogens with zero attached hydrogens (tertiary/aromatic N) is 2. The molecule has 0 aliphatic carbocycles. The fraction of sp³-hybridized carbons (Fsp3) is 0.231. The van der Waals surface area contributed by atoms with Gasteiger partial charge in [-0.15, -0.1) is 0 Å². The predicted octanol–water partition coefficient (Wildman–Crippen LogP) is 3.67. The second-order valence-electron chi connectivity index (χ2n) is 3.78. The summed E-state index contributed by atoms with van der Waals surface area (Å²) in [7, 11) is 0. The zero-order chi connectivity index (χ0) is 11.5. The van der Waals surface area contributed by atoms with Gasteiger partial charge in [0.05, 0.1) is 11.9 Å². The summed E-state index contributed by atoms with van der Waals surface area (Å²) >= 11 is 6.17. The number of aromatic nitrogens is 2. The van der Waals surface area contributed by atoms with Gasteiger partial charge in [0.15, 0.2) is 0 Å². The second kappa shape index (κ2) is 4.62. The van der Waals surface area contributed by atoms with Crippen LogP contribution in [0.25, 0.3) is 11.3 Å². The molecule has 2 nitrogen and oxygen atoms in total. The van der Waals surface area contributed by atoms with Crippen LogP contribution in [-0.2, 0) is 6.42 Å². The number of halogens is 1. The quantitative estimate of drug-likeness (QED) is 0.790. The van der Waals surface area contributed by atoms with E-state index in [1.807, 2.05) is 31.2 Å². The summed E-state index contributed by atoms with van der Waals surface area (Å²) < 4.78 is 0. The third-order valence-corrected chi connectivity index (χ3v) is 2.87. The topological polar surface area (TPSA) is 25.8 Å². The van der Waals surface area contributed by atoms with Crippen LogP contribution >= 0.6 is 11.6 Å². The summed E-state index contributed by atoms with van der Waals surface area (Å²) in [5.41, 5.74) is 4.13. The maximum atomic E-state index is 6.17. The van der Waals surface area contributed by atoms with E-state index in [1.54, 1.807) is 6.20 Å². The SMILES string of the molecule is CCc1ccc(-c2cc(C)cnn2)cc1Cl. The molecule has 0 bridgehead atoms. The van der Waals surface area contributed by atoms with Crippen molar-refractivity contribution in [2.75, 3.05) is 0 Å². The van der Waals surface area contributed by atoms with Crippen molar-refractivity contribution in [3.8, 4) is 11.3 Å². The van der Waals surface area contributed by atoms with Gasteiger partial charge >= 0.3 is 0 Å². The highest BCUT2D eigenvalue weighted by atomic mass is 35.5. The maximum Gasteiger partial charge on any atom is 0.0932 e. The Bertz CT molecular complexity index is 509. The number of rotatable bonds is 2. The van der Waals surface area contributed by atoms with Gasteiger partial charge in [-0.25, -0.2) is 0 Å². The van der Waals surface area contributed by atoms with E-state index in [2.05, 4.69) is 17.1 Å². The van der Waals surface area contributed by atoms with Crippen molar-refractivity contribution in [3.63, 3.8) is 0 Å². The Hall–Kier alpha value is -1.41. The molecule has 0 fully saturated rings. The molecule has 1 aromatic heterocycles. The average molecular weight is 233 g/mol. The van der Waals surface area contributed by atoms with E-state index in [0.717, 1.165) is 33.8 Å². The Morgan fingerprint density at radius 3 is 2.69 bits per heavy atom. The van der Waals surface area contributed by atoms with Crippen molar-refractivity contribution in [1.82, 2.24) is 10.2 Å². The van der Waals surface area contributed by atoms with E-state index < -0.39 is 0 Å². The summed E-state index contributed by atoms with van der Waals surface area (Å²) in [4.78, 5) is 0. The lowest BCUT2D eigenvalue weighted by atomic mass is 10.1. The summed E-state index contributed by atoms with van der Waals surface area (Å²) in [5.74, 6) is 0. The van der Waals surface area contributed by atoms with E-state index in [9.17, 15) is 0 Å². The monoisotopic (exact) mass is 232 g/mol. The van der Waals surface area contributed by atoms with E-state index in [-0.39, 0.29) is 0 Å². The van der Waals surface area contributed by atoms with Crippen molar-refractivity contribution in [1.29, 1.82) is 0 Å². The molecule has 1 aromatic carbocycles. The summed E-state index contributed by atoms with van der Waals surface area (Å²) in [6, 6.07) is 8.03. The molecule has 2 aromatic rings. The molecule has 1 heterocycles. The van der Waals surface area contributed by atoms with Crippen molar-refractivity contribution in [2.45, 2.75) is 20.3 Å². The van der Waals surface area contributed by atoms with E-state index in [4.69, 9.17) is 11.6 Å². The predicted molar refractivity (Wildman–Crippen MR) is 66.6 cm³/mol. The van der Waals surface area contributed by atoms with Crippen molar-refractivity contribution in [3.05, 3.63) is 46.6 Å². The molecule has 0 unspecified atom stereocenters. The second-order valence-corrected chi connectivity index (χ2v) is 4.19. The van der Waals surface area contributed by atoms with Gasteiger partial charge in [0.1, 0.15) is 0 Å². The third kappa shape index (κ3) is 2.22. The van der Waals surface area contributed by atoms with Crippen LogP contribution in [0.1, 0.15) is 18.1 Å². The lowest BCUT2D eigenvalue weighted by Gasteiger charge is -2.05. The van der Waals surface area contributed by atoms with Crippen LogP contribution < -0.4 is 0 Å². The molecule has 0 aliphatic rings. The lowest BCUT2D eigenvalue weighted by molar-refractivity contribution is 1.02. The van der Waals surface area contributed by atoms with Gasteiger partial charge in [0, 0.05) is 10.6 Å². The fourth-order valence-electron chi connectivity index (χ4n) is 1.60. The smallest absolute Gasteiger partial charge is 0.0932 e. The zero-order valence-corrected chi connectivity index (χ0v) is 10.1. The number of hydrogen-bond donors (Lipinski definition) is 0. The Kier molecular flexibility index (Phi) is 3.20. The van der Waals surface area contributed by atoms with Crippen LogP contribution in [-0.4, -0.2) is 10.2 Å².